The van der Waals surface area contributed by atoms with E-state index in [1.165, 1.54) is 17.0 Å². The van der Waals surface area contributed by atoms with E-state index in [0.29, 0.717) is 6.04 Å². The van der Waals surface area contributed by atoms with E-state index in [9.17, 15) is 0 Å². The molecule has 1 aromatic carbocycles. The molecule has 1 saturated heterocycles. The molecule has 3 heterocycles. The van der Waals surface area contributed by atoms with Crippen LogP contribution in [0.1, 0.15) is 35.1 Å². The summed E-state index contributed by atoms with van der Waals surface area (Å²) in [4.78, 5) is 6.89. The molecule has 1 fully saturated rings. The summed E-state index contributed by atoms with van der Waals surface area (Å²) in [7, 11) is 0. The highest BCUT2D eigenvalue weighted by Gasteiger charge is 2.26. The molecule has 0 N–H and O–H groups in total. The summed E-state index contributed by atoms with van der Waals surface area (Å²) in [5, 5.41) is 4.67. The molecular weight excluding hydrogens is 310 g/mol. The van der Waals surface area contributed by atoms with Gasteiger partial charge in [-0.05, 0) is 31.9 Å². The summed E-state index contributed by atoms with van der Waals surface area (Å²) >= 11 is 0. The topological polar surface area (TPSA) is 38.9 Å². The molecule has 0 radical (unpaired) electrons. The summed E-state index contributed by atoms with van der Waals surface area (Å²) in [6.07, 6.45) is 5.10. The van der Waals surface area contributed by atoms with Gasteiger partial charge in [0.25, 0.3) is 0 Å². The predicted octanol–water partition coefficient (Wildman–Crippen LogP) is 3.19. The Morgan fingerprint density at radius 2 is 1.96 bits per heavy atom. The predicted molar refractivity (Wildman–Crippen MR) is 98.4 cm³/mol. The van der Waals surface area contributed by atoms with Crippen LogP contribution in [0.3, 0.4) is 0 Å². The highest BCUT2D eigenvalue weighted by atomic mass is 15.3. The first kappa shape index (κ1) is 16.1. The van der Waals surface area contributed by atoms with Crippen LogP contribution in [-0.4, -0.2) is 37.3 Å². The normalized spacial score (nSPS) is 18.1. The second kappa shape index (κ2) is 6.84. The van der Waals surface area contributed by atoms with Crippen LogP contribution in [0, 0.1) is 13.8 Å². The zero-order chi connectivity index (χ0) is 17.2. The van der Waals surface area contributed by atoms with Gasteiger partial charge in [-0.15, -0.1) is 0 Å². The fourth-order valence-electron chi connectivity index (χ4n) is 3.80. The van der Waals surface area contributed by atoms with Gasteiger partial charge in [0, 0.05) is 38.1 Å². The number of benzene rings is 1. The zero-order valence-corrected chi connectivity index (χ0v) is 15.0. The van der Waals surface area contributed by atoms with E-state index in [2.05, 4.69) is 74.5 Å². The van der Waals surface area contributed by atoms with Crippen molar-refractivity contribution in [2.75, 3.05) is 13.1 Å². The Kier molecular flexibility index (Phi) is 4.40. The Morgan fingerprint density at radius 3 is 2.72 bits per heavy atom. The number of imidazole rings is 1. The van der Waals surface area contributed by atoms with Crippen molar-refractivity contribution in [3.63, 3.8) is 0 Å². The van der Waals surface area contributed by atoms with E-state index in [0.717, 1.165) is 38.3 Å². The minimum atomic E-state index is 0.485. The molecule has 0 saturated carbocycles. The number of rotatable bonds is 5. The molecule has 5 nitrogen and oxygen atoms in total. The first-order valence-corrected chi connectivity index (χ1v) is 8.97. The highest BCUT2D eigenvalue weighted by molar-refractivity contribution is 5.16. The molecule has 2 aromatic heterocycles. The molecular formula is C20H25N5. The SMILES string of the molecule is Cc1cc(C)n([C@H]2CCN(Cc3cncn3Cc3ccccc3)C2)n1. The van der Waals surface area contributed by atoms with E-state index in [1.807, 2.05) is 12.5 Å². The number of aryl methyl sites for hydroxylation is 2. The summed E-state index contributed by atoms with van der Waals surface area (Å²) < 4.78 is 4.46. The lowest BCUT2D eigenvalue weighted by Crippen LogP contribution is -2.23. The molecule has 4 rings (SSSR count). The van der Waals surface area contributed by atoms with Gasteiger partial charge in [0.2, 0.25) is 0 Å². The van der Waals surface area contributed by atoms with Gasteiger partial charge in [-0.25, -0.2) is 4.98 Å². The molecule has 3 aromatic rings. The number of likely N-dealkylation sites (tertiary alicyclic amines) is 1. The molecule has 0 amide bonds. The van der Waals surface area contributed by atoms with Crippen LogP contribution in [0.2, 0.25) is 0 Å². The standard InChI is InChI=1S/C20H25N5/c1-16-10-17(2)25(22-16)19-8-9-23(13-19)14-20-11-21-15-24(20)12-18-6-4-3-5-7-18/h3-7,10-11,15,19H,8-9,12-14H2,1-2H3/t19-/m0/s1. The number of aromatic nitrogens is 4. The lowest BCUT2D eigenvalue weighted by atomic mass is 10.2. The third-order valence-electron chi connectivity index (χ3n) is 5.02. The van der Waals surface area contributed by atoms with Crippen molar-refractivity contribution in [2.24, 2.45) is 0 Å². The Labute approximate surface area is 148 Å². The minimum Gasteiger partial charge on any atom is -0.329 e. The van der Waals surface area contributed by atoms with E-state index >= 15 is 0 Å². The third-order valence-corrected chi connectivity index (χ3v) is 5.02. The summed E-state index contributed by atoms with van der Waals surface area (Å²) in [6.45, 7) is 8.21. The molecule has 0 aliphatic carbocycles. The second-order valence-corrected chi connectivity index (χ2v) is 7.05. The third kappa shape index (κ3) is 3.51. The molecule has 25 heavy (non-hydrogen) atoms. The molecule has 0 spiro atoms. The molecule has 5 heteroatoms. The van der Waals surface area contributed by atoms with Crippen LogP contribution < -0.4 is 0 Å². The van der Waals surface area contributed by atoms with Gasteiger partial charge < -0.3 is 4.57 Å². The van der Waals surface area contributed by atoms with Crippen molar-refractivity contribution in [2.45, 2.75) is 39.4 Å². The Bertz CT molecular complexity index is 833. The molecule has 0 unspecified atom stereocenters. The van der Waals surface area contributed by atoms with Crippen LogP contribution in [0.25, 0.3) is 0 Å². The molecule has 130 valence electrons. The van der Waals surface area contributed by atoms with E-state index < -0.39 is 0 Å². The van der Waals surface area contributed by atoms with E-state index in [4.69, 9.17) is 0 Å². The summed E-state index contributed by atoms with van der Waals surface area (Å²) in [5.74, 6) is 0. The van der Waals surface area contributed by atoms with Crippen LogP contribution in [0.15, 0.2) is 48.9 Å². The van der Waals surface area contributed by atoms with Crippen molar-refractivity contribution in [3.05, 3.63) is 71.6 Å². The fraction of sp³-hybridized carbons (Fsp3) is 0.400. The minimum absolute atomic E-state index is 0.485. The molecule has 1 aliphatic rings. The van der Waals surface area contributed by atoms with Gasteiger partial charge in [0.05, 0.1) is 23.8 Å². The average Bonchev–Trinajstić information content (AvgIpc) is 3.31. The van der Waals surface area contributed by atoms with Gasteiger partial charge >= 0.3 is 0 Å². The van der Waals surface area contributed by atoms with Crippen molar-refractivity contribution in [1.82, 2.24) is 24.2 Å². The first-order chi connectivity index (χ1) is 12.2. The van der Waals surface area contributed by atoms with Crippen molar-refractivity contribution in [1.29, 1.82) is 0 Å². The van der Waals surface area contributed by atoms with Crippen LogP contribution >= 0.6 is 0 Å². The quantitative estimate of drug-likeness (QED) is 0.719. The van der Waals surface area contributed by atoms with Crippen LogP contribution in [0.5, 0.6) is 0 Å². The lowest BCUT2D eigenvalue weighted by Gasteiger charge is -2.18. The van der Waals surface area contributed by atoms with Crippen molar-refractivity contribution < 1.29 is 0 Å². The Morgan fingerprint density at radius 1 is 1.12 bits per heavy atom. The number of nitrogens with zero attached hydrogens (tertiary/aromatic N) is 5. The van der Waals surface area contributed by atoms with Gasteiger partial charge in [0.15, 0.2) is 0 Å². The fourth-order valence-corrected chi connectivity index (χ4v) is 3.80. The van der Waals surface area contributed by atoms with Crippen molar-refractivity contribution in [3.8, 4) is 0 Å². The Hall–Kier alpha value is -2.40. The number of hydrogen-bond acceptors (Lipinski definition) is 3. The Balaban J connectivity index is 1.42. The maximum absolute atomic E-state index is 4.67. The zero-order valence-electron chi connectivity index (χ0n) is 15.0. The van der Waals surface area contributed by atoms with Gasteiger partial charge in [-0.1, -0.05) is 30.3 Å². The largest absolute Gasteiger partial charge is 0.329 e. The maximum atomic E-state index is 4.67. The first-order valence-electron chi connectivity index (χ1n) is 8.97. The number of hydrogen-bond donors (Lipinski definition) is 0. The highest BCUT2D eigenvalue weighted by Crippen LogP contribution is 2.24. The molecule has 1 atom stereocenters. The van der Waals surface area contributed by atoms with Crippen LogP contribution in [-0.2, 0) is 13.1 Å². The monoisotopic (exact) mass is 335 g/mol. The average molecular weight is 335 g/mol. The molecule has 0 bridgehead atoms. The van der Waals surface area contributed by atoms with Crippen molar-refractivity contribution >= 4 is 0 Å². The van der Waals surface area contributed by atoms with E-state index in [-0.39, 0.29) is 0 Å². The van der Waals surface area contributed by atoms with Gasteiger partial charge in [0.1, 0.15) is 0 Å². The summed E-state index contributed by atoms with van der Waals surface area (Å²) in [5.41, 5.74) is 4.96. The maximum Gasteiger partial charge on any atom is 0.0951 e. The summed E-state index contributed by atoms with van der Waals surface area (Å²) in [6, 6.07) is 13.2. The van der Waals surface area contributed by atoms with Gasteiger partial charge in [-0.3, -0.25) is 9.58 Å². The van der Waals surface area contributed by atoms with Gasteiger partial charge in [-0.2, -0.15) is 5.10 Å². The lowest BCUT2D eigenvalue weighted by molar-refractivity contribution is 0.303. The van der Waals surface area contributed by atoms with E-state index in [1.54, 1.807) is 0 Å². The smallest absolute Gasteiger partial charge is 0.0951 e. The second-order valence-electron chi connectivity index (χ2n) is 7.05. The van der Waals surface area contributed by atoms with Crippen LogP contribution in [0.4, 0.5) is 0 Å². The molecule has 1 aliphatic heterocycles.